The van der Waals surface area contributed by atoms with Gasteiger partial charge >= 0.3 is 0 Å². The van der Waals surface area contributed by atoms with Crippen molar-refractivity contribution in [3.8, 4) is 0 Å². The zero-order chi connectivity index (χ0) is 11.6. The summed E-state index contributed by atoms with van der Waals surface area (Å²) in [7, 11) is 0. The van der Waals surface area contributed by atoms with E-state index in [2.05, 4.69) is 46.4 Å². The predicted octanol–water partition coefficient (Wildman–Crippen LogP) is 3.93. The Morgan fingerprint density at radius 2 is 1.87 bits per heavy atom. The number of likely N-dealkylation sites (tertiary alicyclic amines) is 1. The van der Waals surface area contributed by atoms with Crippen LogP contribution in [0.2, 0.25) is 0 Å². The van der Waals surface area contributed by atoms with Gasteiger partial charge in [-0.05, 0) is 44.6 Å². The SMILES string of the molecule is CC[C@@]1(C)CCN(C(C)C)C(C(C)C)C1. The first-order valence-electron chi connectivity index (χ1n) is 6.65. The highest BCUT2D eigenvalue weighted by molar-refractivity contribution is 4.90. The molecule has 0 aromatic carbocycles. The van der Waals surface area contributed by atoms with Crippen LogP contribution in [-0.2, 0) is 0 Å². The van der Waals surface area contributed by atoms with Gasteiger partial charge in [-0.3, -0.25) is 4.90 Å². The molecular formula is C14H29N. The van der Waals surface area contributed by atoms with Gasteiger partial charge in [0.25, 0.3) is 0 Å². The third-order valence-corrected chi connectivity index (χ3v) is 4.39. The summed E-state index contributed by atoms with van der Waals surface area (Å²) in [5, 5.41) is 0. The van der Waals surface area contributed by atoms with E-state index in [4.69, 9.17) is 0 Å². The first-order valence-corrected chi connectivity index (χ1v) is 6.65. The molecule has 1 heterocycles. The molecule has 0 amide bonds. The van der Waals surface area contributed by atoms with E-state index in [-0.39, 0.29) is 0 Å². The highest BCUT2D eigenvalue weighted by atomic mass is 15.2. The molecule has 0 aliphatic carbocycles. The van der Waals surface area contributed by atoms with Crippen LogP contribution in [0.5, 0.6) is 0 Å². The minimum Gasteiger partial charge on any atom is -0.298 e. The maximum Gasteiger partial charge on any atom is 0.0126 e. The summed E-state index contributed by atoms with van der Waals surface area (Å²) in [6.07, 6.45) is 4.10. The lowest BCUT2D eigenvalue weighted by Gasteiger charge is -2.48. The Hall–Kier alpha value is -0.0400. The molecule has 1 nitrogen and oxygen atoms in total. The lowest BCUT2D eigenvalue weighted by atomic mass is 9.72. The first kappa shape index (κ1) is 13.0. The van der Waals surface area contributed by atoms with Gasteiger partial charge in [0.05, 0.1) is 0 Å². The van der Waals surface area contributed by atoms with Crippen molar-refractivity contribution in [2.45, 2.75) is 72.9 Å². The number of rotatable bonds is 3. The maximum absolute atomic E-state index is 2.71. The van der Waals surface area contributed by atoms with Crippen LogP contribution in [0.1, 0.15) is 60.8 Å². The predicted molar refractivity (Wildman–Crippen MR) is 68.1 cm³/mol. The van der Waals surface area contributed by atoms with Crippen molar-refractivity contribution in [2.75, 3.05) is 6.54 Å². The lowest BCUT2D eigenvalue weighted by molar-refractivity contribution is 0.0134. The topological polar surface area (TPSA) is 3.24 Å². The molecule has 0 spiro atoms. The number of hydrogen-bond acceptors (Lipinski definition) is 1. The molecule has 0 bridgehead atoms. The molecule has 1 heteroatoms. The van der Waals surface area contributed by atoms with E-state index < -0.39 is 0 Å². The van der Waals surface area contributed by atoms with Crippen molar-refractivity contribution in [1.82, 2.24) is 4.90 Å². The number of hydrogen-bond donors (Lipinski definition) is 0. The fourth-order valence-electron chi connectivity index (χ4n) is 2.87. The van der Waals surface area contributed by atoms with Gasteiger partial charge in [-0.15, -0.1) is 0 Å². The van der Waals surface area contributed by atoms with Crippen LogP contribution in [-0.4, -0.2) is 23.5 Å². The van der Waals surface area contributed by atoms with Crippen molar-refractivity contribution in [3.63, 3.8) is 0 Å². The Morgan fingerprint density at radius 3 is 2.27 bits per heavy atom. The molecule has 1 saturated heterocycles. The molecule has 15 heavy (non-hydrogen) atoms. The minimum atomic E-state index is 0.598. The van der Waals surface area contributed by atoms with Crippen LogP contribution >= 0.6 is 0 Å². The Labute approximate surface area is 96.2 Å². The average molecular weight is 211 g/mol. The van der Waals surface area contributed by atoms with Gasteiger partial charge in [0.1, 0.15) is 0 Å². The van der Waals surface area contributed by atoms with Gasteiger partial charge < -0.3 is 0 Å². The van der Waals surface area contributed by atoms with Crippen molar-refractivity contribution in [3.05, 3.63) is 0 Å². The monoisotopic (exact) mass is 211 g/mol. The lowest BCUT2D eigenvalue weighted by Crippen LogP contribution is -2.51. The van der Waals surface area contributed by atoms with Crippen molar-refractivity contribution >= 4 is 0 Å². The standard InChI is InChI=1S/C14H29N/c1-7-14(6)8-9-15(12(4)5)13(10-14)11(2)3/h11-13H,7-10H2,1-6H3/t13?,14-/m0/s1. The first-order chi connectivity index (χ1) is 6.89. The molecular weight excluding hydrogens is 182 g/mol. The number of nitrogens with zero attached hydrogens (tertiary/aromatic N) is 1. The molecule has 1 rings (SSSR count). The minimum absolute atomic E-state index is 0.598. The zero-order valence-corrected chi connectivity index (χ0v) is 11.5. The number of piperidine rings is 1. The Kier molecular flexibility index (Phi) is 4.22. The second-order valence-corrected chi connectivity index (χ2v) is 6.26. The van der Waals surface area contributed by atoms with E-state index in [9.17, 15) is 0 Å². The van der Waals surface area contributed by atoms with Crippen LogP contribution in [0.3, 0.4) is 0 Å². The second-order valence-electron chi connectivity index (χ2n) is 6.26. The summed E-state index contributed by atoms with van der Waals surface area (Å²) >= 11 is 0. The van der Waals surface area contributed by atoms with Gasteiger partial charge in [-0.1, -0.05) is 34.1 Å². The molecule has 0 saturated carbocycles. The fraction of sp³-hybridized carbons (Fsp3) is 1.00. The van der Waals surface area contributed by atoms with Gasteiger partial charge in [-0.25, -0.2) is 0 Å². The van der Waals surface area contributed by atoms with Crippen LogP contribution in [0.25, 0.3) is 0 Å². The summed E-state index contributed by atoms with van der Waals surface area (Å²) in [5.74, 6) is 0.790. The quantitative estimate of drug-likeness (QED) is 0.683. The third-order valence-electron chi connectivity index (χ3n) is 4.39. The van der Waals surface area contributed by atoms with E-state index >= 15 is 0 Å². The highest BCUT2D eigenvalue weighted by Crippen LogP contribution is 2.40. The molecule has 90 valence electrons. The molecule has 2 atom stereocenters. The van der Waals surface area contributed by atoms with E-state index in [0.29, 0.717) is 11.5 Å². The molecule has 1 fully saturated rings. The molecule has 1 aliphatic rings. The van der Waals surface area contributed by atoms with Gasteiger partial charge in [0.15, 0.2) is 0 Å². The van der Waals surface area contributed by atoms with Crippen LogP contribution in [0.15, 0.2) is 0 Å². The van der Waals surface area contributed by atoms with Crippen LogP contribution in [0, 0.1) is 11.3 Å². The van der Waals surface area contributed by atoms with Crippen molar-refractivity contribution < 1.29 is 0 Å². The summed E-state index contributed by atoms with van der Waals surface area (Å²) in [4.78, 5) is 2.71. The second kappa shape index (κ2) is 4.86. The zero-order valence-electron chi connectivity index (χ0n) is 11.5. The summed E-state index contributed by atoms with van der Waals surface area (Å²) < 4.78 is 0. The molecule has 0 N–H and O–H groups in total. The molecule has 0 radical (unpaired) electrons. The Balaban J connectivity index is 2.74. The molecule has 0 aromatic rings. The maximum atomic E-state index is 2.71. The van der Waals surface area contributed by atoms with E-state index in [1.807, 2.05) is 0 Å². The normalized spacial score (nSPS) is 34.0. The largest absolute Gasteiger partial charge is 0.298 e. The van der Waals surface area contributed by atoms with Crippen molar-refractivity contribution in [1.29, 1.82) is 0 Å². The Bertz CT molecular complexity index is 198. The van der Waals surface area contributed by atoms with E-state index in [0.717, 1.165) is 12.0 Å². The van der Waals surface area contributed by atoms with Crippen LogP contribution in [0.4, 0.5) is 0 Å². The van der Waals surface area contributed by atoms with E-state index in [1.165, 1.54) is 25.8 Å². The third kappa shape index (κ3) is 2.96. The van der Waals surface area contributed by atoms with Crippen LogP contribution < -0.4 is 0 Å². The highest BCUT2D eigenvalue weighted by Gasteiger charge is 2.37. The summed E-state index contributed by atoms with van der Waals surface area (Å²) in [6, 6.07) is 1.50. The van der Waals surface area contributed by atoms with Gasteiger partial charge in [-0.2, -0.15) is 0 Å². The van der Waals surface area contributed by atoms with Gasteiger partial charge in [0, 0.05) is 12.1 Å². The fourth-order valence-corrected chi connectivity index (χ4v) is 2.87. The average Bonchev–Trinajstić information content (AvgIpc) is 2.17. The summed E-state index contributed by atoms with van der Waals surface area (Å²) in [6.45, 7) is 15.5. The van der Waals surface area contributed by atoms with Crippen molar-refractivity contribution in [2.24, 2.45) is 11.3 Å². The molecule has 1 aliphatic heterocycles. The smallest absolute Gasteiger partial charge is 0.0126 e. The van der Waals surface area contributed by atoms with Gasteiger partial charge in [0.2, 0.25) is 0 Å². The molecule has 0 aromatic heterocycles. The Morgan fingerprint density at radius 1 is 1.27 bits per heavy atom. The molecule has 1 unspecified atom stereocenters. The van der Waals surface area contributed by atoms with E-state index in [1.54, 1.807) is 0 Å². The summed E-state index contributed by atoms with van der Waals surface area (Å²) in [5.41, 5.74) is 0.598.